The minimum absolute atomic E-state index is 0.0177. The van der Waals surface area contributed by atoms with Gasteiger partial charge in [-0.1, -0.05) is 55.5 Å². The van der Waals surface area contributed by atoms with E-state index in [4.69, 9.17) is 4.99 Å². The second-order valence-electron chi connectivity index (χ2n) is 10.8. The van der Waals surface area contributed by atoms with Crippen LogP contribution in [0.4, 0.5) is 5.69 Å². The number of rotatable bonds is 9. The summed E-state index contributed by atoms with van der Waals surface area (Å²) in [7, 11) is 0. The van der Waals surface area contributed by atoms with Gasteiger partial charge in [0, 0.05) is 29.2 Å². The molecule has 3 N–H and O–H groups in total. The van der Waals surface area contributed by atoms with Crippen LogP contribution in [0.1, 0.15) is 65.0 Å². The predicted molar refractivity (Wildman–Crippen MR) is 167 cm³/mol. The molecule has 1 amide bonds. The van der Waals surface area contributed by atoms with E-state index in [-0.39, 0.29) is 17.8 Å². The number of H-pyrrole nitrogens is 1. The van der Waals surface area contributed by atoms with Crippen LogP contribution in [-0.4, -0.2) is 44.7 Å². The summed E-state index contributed by atoms with van der Waals surface area (Å²) >= 11 is 0. The highest BCUT2D eigenvalue weighted by atomic mass is 16.3. The van der Waals surface area contributed by atoms with E-state index in [1.54, 1.807) is 12.3 Å². The number of fused-ring (bicyclic) bond motifs is 1. The number of pyridine rings is 1. The number of aromatic amines is 1. The first-order chi connectivity index (χ1) is 20.6. The van der Waals surface area contributed by atoms with Crippen molar-refractivity contribution in [3.8, 4) is 5.88 Å². The van der Waals surface area contributed by atoms with Crippen LogP contribution in [0.2, 0.25) is 0 Å². The normalized spacial score (nSPS) is 14.7. The molecule has 1 aliphatic rings. The summed E-state index contributed by atoms with van der Waals surface area (Å²) < 4.78 is 0. The highest BCUT2D eigenvalue weighted by molar-refractivity contribution is 6.21. The maximum Gasteiger partial charge on any atom is 0.251 e. The van der Waals surface area contributed by atoms with Gasteiger partial charge in [-0.2, -0.15) is 0 Å². The van der Waals surface area contributed by atoms with E-state index in [2.05, 4.69) is 39.2 Å². The van der Waals surface area contributed by atoms with Gasteiger partial charge in [-0.25, -0.2) is 4.99 Å². The van der Waals surface area contributed by atoms with Crippen LogP contribution in [-0.2, 0) is 6.54 Å². The Morgan fingerprint density at radius 1 is 1.00 bits per heavy atom. The van der Waals surface area contributed by atoms with Crippen molar-refractivity contribution >= 4 is 28.2 Å². The highest BCUT2D eigenvalue weighted by Crippen LogP contribution is 2.32. The van der Waals surface area contributed by atoms with Gasteiger partial charge in [-0.15, -0.1) is 0 Å². The Kier molecular flexibility index (Phi) is 8.10. The Labute approximate surface area is 246 Å². The van der Waals surface area contributed by atoms with E-state index < -0.39 is 0 Å². The van der Waals surface area contributed by atoms with E-state index >= 15 is 0 Å². The Balaban J connectivity index is 1.39. The Bertz CT molecular complexity index is 1710. The summed E-state index contributed by atoms with van der Waals surface area (Å²) in [5, 5.41) is 15.0. The molecule has 1 atom stereocenters. The third-order valence-electron chi connectivity index (χ3n) is 7.86. The molecule has 1 aliphatic heterocycles. The lowest BCUT2D eigenvalue weighted by Gasteiger charge is -2.17. The molecular weight excluding hydrogens is 522 g/mol. The zero-order chi connectivity index (χ0) is 28.9. The maximum absolute atomic E-state index is 13.4. The molecule has 0 radical (unpaired) electrons. The average Bonchev–Trinajstić information content (AvgIpc) is 3.66. The topological polar surface area (TPSA) is 93.6 Å². The summed E-state index contributed by atoms with van der Waals surface area (Å²) in [6, 6.07) is 29.1. The van der Waals surface area contributed by atoms with Gasteiger partial charge in [0.05, 0.1) is 23.0 Å². The fourth-order valence-corrected chi connectivity index (χ4v) is 5.70. The standard InChI is InChI=1S/C35H35N5O2/c1-2-29(25-12-4-3-5-13-25)38-34(41)26-16-17-30-28(22-26)32(35(42)39-30)33(31-15-6-7-18-36-31)37-27-14-10-11-24(21-27)23-40-19-8-9-20-40/h3-7,10-18,21-22,29,39,42H,2,8-9,19-20,23H2,1H3,(H,38,41)/t29-/m1/s1. The molecular formula is C35H35N5O2. The Hall–Kier alpha value is -4.75. The van der Waals surface area contributed by atoms with Crippen molar-refractivity contribution in [1.29, 1.82) is 0 Å². The summed E-state index contributed by atoms with van der Waals surface area (Å²) in [5.74, 6) is -0.193. The van der Waals surface area contributed by atoms with Gasteiger partial charge in [-0.05, 0) is 85.9 Å². The summed E-state index contributed by atoms with van der Waals surface area (Å²) in [6.07, 6.45) is 4.97. The molecule has 0 unspecified atom stereocenters. The van der Waals surface area contributed by atoms with Crippen molar-refractivity contribution < 1.29 is 9.90 Å². The van der Waals surface area contributed by atoms with E-state index in [1.807, 2.05) is 72.8 Å². The first-order valence-electron chi connectivity index (χ1n) is 14.6. The summed E-state index contributed by atoms with van der Waals surface area (Å²) in [4.78, 5) is 28.6. The van der Waals surface area contributed by atoms with Crippen LogP contribution in [0.15, 0.2) is 102 Å². The van der Waals surface area contributed by atoms with Gasteiger partial charge in [-0.3, -0.25) is 14.7 Å². The zero-order valence-electron chi connectivity index (χ0n) is 23.8. The number of carbonyl (C=O) groups is 1. The molecule has 212 valence electrons. The Morgan fingerprint density at radius 2 is 1.81 bits per heavy atom. The van der Waals surface area contributed by atoms with Crippen LogP contribution in [0.25, 0.3) is 10.9 Å². The van der Waals surface area contributed by atoms with Gasteiger partial charge in [0.2, 0.25) is 0 Å². The summed E-state index contributed by atoms with van der Waals surface area (Å²) in [5.41, 5.74) is 5.93. The van der Waals surface area contributed by atoms with E-state index in [1.165, 1.54) is 18.4 Å². The quantitative estimate of drug-likeness (QED) is 0.172. The lowest BCUT2D eigenvalue weighted by molar-refractivity contribution is 0.0935. The molecule has 3 aromatic carbocycles. The minimum atomic E-state index is -0.176. The van der Waals surface area contributed by atoms with Crippen LogP contribution in [0, 0.1) is 0 Å². The van der Waals surface area contributed by atoms with E-state index in [9.17, 15) is 9.90 Å². The molecule has 0 saturated carbocycles. The molecule has 3 heterocycles. The lowest BCUT2D eigenvalue weighted by Crippen LogP contribution is -2.28. The van der Waals surface area contributed by atoms with Crippen molar-refractivity contribution in [3.63, 3.8) is 0 Å². The number of hydrogen-bond acceptors (Lipinski definition) is 5. The van der Waals surface area contributed by atoms with Crippen molar-refractivity contribution in [3.05, 3.63) is 125 Å². The molecule has 5 aromatic rings. The number of carbonyl (C=O) groups excluding carboxylic acids is 1. The molecule has 0 aliphatic carbocycles. The second kappa shape index (κ2) is 12.4. The lowest BCUT2D eigenvalue weighted by atomic mass is 10.0. The van der Waals surface area contributed by atoms with Gasteiger partial charge in [0.25, 0.3) is 5.91 Å². The maximum atomic E-state index is 13.4. The minimum Gasteiger partial charge on any atom is -0.494 e. The third-order valence-corrected chi connectivity index (χ3v) is 7.86. The predicted octanol–water partition coefficient (Wildman–Crippen LogP) is 6.91. The second-order valence-corrected chi connectivity index (χ2v) is 10.8. The first kappa shape index (κ1) is 27.4. The van der Waals surface area contributed by atoms with Crippen molar-refractivity contribution in [2.24, 2.45) is 4.99 Å². The van der Waals surface area contributed by atoms with E-state index in [0.29, 0.717) is 33.4 Å². The number of nitrogens with one attached hydrogen (secondary N) is 2. The molecule has 2 aromatic heterocycles. The van der Waals surface area contributed by atoms with Gasteiger partial charge >= 0.3 is 0 Å². The number of likely N-dealkylation sites (tertiary alicyclic amines) is 1. The largest absolute Gasteiger partial charge is 0.494 e. The van der Waals surface area contributed by atoms with Crippen LogP contribution in [0.5, 0.6) is 5.88 Å². The van der Waals surface area contributed by atoms with Crippen LogP contribution < -0.4 is 5.32 Å². The molecule has 1 saturated heterocycles. The fraction of sp³-hybridized carbons (Fsp3) is 0.229. The Morgan fingerprint density at radius 3 is 2.57 bits per heavy atom. The average molecular weight is 558 g/mol. The summed E-state index contributed by atoms with van der Waals surface area (Å²) in [6.45, 7) is 5.19. The first-order valence-corrected chi connectivity index (χ1v) is 14.6. The number of hydrogen-bond donors (Lipinski definition) is 3. The molecule has 42 heavy (non-hydrogen) atoms. The third kappa shape index (κ3) is 5.97. The van der Waals surface area contributed by atoms with E-state index in [0.717, 1.165) is 37.3 Å². The molecule has 0 spiro atoms. The van der Waals surface area contributed by atoms with Crippen molar-refractivity contribution in [2.45, 2.75) is 38.8 Å². The SMILES string of the molecule is CC[C@@H](NC(=O)c1ccc2[nH]c(O)c(C(=Nc3cccc(CN4CCCC4)c3)c3ccccn3)c2c1)c1ccccc1. The molecule has 0 bridgehead atoms. The number of aliphatic imine (C=N–C) groups is 1. The van der Waals surface area contributed by atoms with Gasteiger partial charge in [0.1, 0.15) is 5.71 Å². The number of benzene rings is 3. The molecule has 7 heteroatoms. The molecule has 1 fully saturated rings. The number of amides is 1. The number of aromatic nitrogens is 2. The van der Waals surface area contributed by atoms with Crippen molar-refractivity contribution in [2.75, 3.05) is 13.1 Å². The fourth-order valence-electron chi connectivity index (χ4n) is 5.70. The monoisotopic (exact) mass is 557 g/mol. The molecule has 7 nitrogen and oxygen atoms in total. The molecule has 6 rings (SSSR count). The zero-order valence-corrected chi connectivity index (χ0v) is 23.8. The van der Waals surface area contributed by atoms with Gasteiger partial charge in [0.15, 0.2) is 5.88 Å². The smallest absolute Gasteiger partial charge is 0.251 e. The van der Waals surface area contributed by atoms with Crippen LogP contribution in [0.3, 0.4) is 0 Å². The number of nitrogens with zero attached hydrogens (tertiary/aromatic N) is 3. The number of aromatic hydroxyl groups is 1. The highest BCUT2D eigenvalue weighted by Gasteiger charge is 2.22. The van der Waals surface area contributed by atoms with Gasteiger partial charge < -0.3 is 15.4 Å². The van der Waals surface area contributed by atoms with Crippen molar-refractivity contribution in [1.82, 2.24) is 20.2 Å². The van der Waals surface area contributed by atoms with Crippen LogP contribution >= 0.6 is 0 Å².